The molecule has 2 aliphatic heterocycles. The first-order valence-electron chi connectivity index (χ1n) is 9.48. The van der Waals surface area contributed by atoms with Crippen LogP contribution in [-0.4, -0.2) is 34.5 Å². The minimum absolute atomic E-state index is 0.0617. The Labute approximate surface area is 177 Å². The van der Waals surface area contributed by atoms with Crippen molar-refractivity contribution in [1.29, 1.82) is 5.26 Å². The molecule has 1 aromatic heterocycles. The Balaban J connectivity index is 1.66. The van der Waals surface area contributed by atoms with Gasteiger partial charge in [-0.15, -0.1) is 0 Å². The summed E-state index contributed by atoms with van der Waals surface area (Å²) in [4.78, 5) is 21.2. The standard InChI is InChI=1S/C21H20FN5O2S/c1-12-6-14-10-30-20(24)27-21(14,11-29-12)16-7-15(3-4-17(16)22)26-19(28)18-5-2-13(8-23)9-25-18/h2-5,7,9,12,14H,6,10-11H2,1H3,(H2,24,27)(H,26,28)/t12-,14?,21?/m0/s1. The number of aromatic nitrogens is 1. The Morgan fingerprint density at radius 2 is 2.27 bits per heavy atom. The molecule has 0 spiro atoms. The topological polar surface area (TPSA) is 113 Å². The van der Waals surface area contributed by atoms with Crippen LogP contribution in [0.2, 0.25) is 0 Å². The molecular weight excluding hydrogens is 405 g/mol. The van der Waals surface area contributed by atoms with Crippen LogP contribution in [-0.2, 0) is 10.3 Å². The molecule has 1 amide bonds. The smallest absolute Gasteiger partial charge is 0.274 e. The number of nitrogens with one attached hydrogen (secondary N) is 1. The van der Waals surface area contributed by atoms with E-state index in [9.17, 15) is 9.18 Å². The van der Waals surface area contributed by atoms with Crippen LogP contribution in [0.25, 0.3) is 0 Å². The second kappa shape index (κ2) is 8.05. The Bertz CT molecular complexity index is 1050. The van der Waals surface area contributed by atoms with Crippen LogP contribution in [0.5, 0.6) is 0 Å². The van der Waals surface area contributed by atoms with Gasteiger partial charge in [-0.1, -0.05) is 11.8 Å². The van der Waals surface area contributed by atoms with E-state index < -0.39 is 17.3 Å². The molecule has 0 aliphatic carbocycles. The lowest BCUT2D eigenvalue weighted by Gasteiger charge is -2.45. The van der Waals surface area contributed by atoms with Crippen LogP contribution in [0, 0.1) is 23.1 Å². The van der Waals surface area contributed by atoms with E-state index in [1.807, 2.05) is 13.0 Å². The maximum Gasteiger partial charge on any atom is 0.274 e. The minimum atomic E-state index is -0.917. The van der Waals surface area contributed by atoms with Crippen molar-refractivity contribution in [2.24, 2.45) is 16.6 Å². The first-order valence-corrected chi connectivity index (χ1v) is 10.5. The van der Waals surface area contributed by atoms with Gasteiger partial charge in [0, 0.05) is 29.1 Å². The van der Waals surface area contributed by atoms with Gasteiger partial charge in [-0.3, -0.25) is 4.79 Å². The van der Waals surface area contributed by atoms with Crippen LogP contribution in [0.15, 0.2) is 41.5 Å². The third kappa shape index (κ3) is 3.76. The number of nitriles is 1. The number of aliphatic imine (C=N–C) groups is 1. The minimum Gasteiger partial charge on any atom is -0.379 e. The number of hydrogen-bond acceptors (Lipinski definition) is 7. The molecule has 1 fully saturated rings. The Morgan fingerprint density at radius 1 is 1.43 bits per heavy atom. The quantitative estimate of drug-likeness (QED) is 0.781. The van der Waals surface area contributed by atoms with E-state index in [2.05, 4.69) is 15.3 Å². The lowest BCUT2D eigenvalue weighted by Crippen LogP contribution is -2.50. The highest BCUT2D eigenvalue weighted by Crippen LogP contribution is 2.47. The molecule has 154 valence electrons. The van der Waals surface area contributed by atoms with Crippen LogP contribution in [0.3, 0.4) is 0 Å². The molecule has 2 aliphatic rings. The van der Waals surface area contributed by atoms with Gasteiger partial charge in [-0.2, -0.15) is 5.26 Å². The second-order valence-corrected chi connectivity index (χ2v) is 8.47. The van der Waals surface area contributed by atoms with Crippen molar-refractivity contribution in [1.82, 2.24) is 4.98 Å². The van der Waals surface area contributed by atoms with Crippen molar-refractivity contribution < 1.29 is 13.9 Å². The van der Waals surface area contributed by atoms with Gasteiger partial charge in [0.2, 0.25) is 0 Å². The largest absolute Gasteiger partial charge is 0.379 e. The number of ether oxygens (including phenoxy) is 1. The zero-order valence-electron chi connectivity index (χ0n) is 16.3. The maximum atomic E-state index is 15.0. The van der Waals surface area contributed by atoms with Crippen molar-refractivity contribution >= 4 is 28.5 Å². The molecule has 1 aromatic carbocycles. The molecule has 7 nitrogen and oxygen atoms in total. The van der Waals surface area contributed by atoms with Gasteiger partial charge in [0.1, 0.15) is 23.1 Å². The number of halogens is 1. The van der Waals surface area contributed by atoms with Crippen molar-refractivity contribution in [3.63, 3.8) is 0 Å². The van der Waals surface area contributed by atoms with Gasteiger partial charge in [0.05, 0.1) is 18.3 Å². The van der Waals surface area contributed by atoms with Crippen molar-refractivity contribution in [2.45, 2.75) is 25.0 Å². The fourth-order valence-corrected chi connectivity index (χ4v) is 4.89. The van der Waals surface area contributed by atoms with Crippen LogP contribution < -0.4 is 11.1 Å². The van der Waals surface area contributed by atoms with Crippen molar-refractivity contribution in [2.75, 3.05) is 17.7 Å². The molecule has 0 radical (unpaired) electrons. The number of rotatable bonds is 3. The average Bonchev–Trinajstić information content (AvgIpc) is 2.75. The Kier molecular flexibility index (Phi) is 5.45. The van der Waals surface area contributed by atoms with Gasteiger partial charge in [-0.05, 0) is 43.7 Å². The molecular formula is C21H20FN5O2S. The van der Waals surface area contributed by atoms with Gasteiger partial charge in [0.15, 0.2) is 5.17 Å². The second-order valence-electron chi connectivity index (χ2n) is 7.43. The molecule has 0 bridgehead atoms. The summed E-state index contributed by atoms with van der Waals surface area (Å²) in [5.41, 5.74) is 6.37. The van der Waals surface area contributed by atoms with E-state index in [0.29, 0.717) is 22.0 Å². The number of benzene rings is 1. The summed E-state index contributed by atoms with van der Waals surface area (Å²) in [5.74, 6) is -0.0778. The highest BCUT2D eigenvalue weighted by Gasteiger charge is 2.48. The summed E-state index contributed by atoms with van der Waals surface area (Å²) in [6, 6.07) is 9.33. The van der Waals surface area contributed by atoms with E-state index in [1.165, 1.54) is 42.2 Å². The molecule has 9 heteroatoms. The van der Waals surface area contributed by atoms with Gasteiger partial charge >= 0.3 is 0 Å². The number of amidine groups is 1. The average molecular weight is 425 g/mol. The maximum absolute atomic E-state index is 15.0. The predicted octanol–water partition coefficient (Wildman–Crippen LogP) is 3.03. The van der Waals surface area contributed by atoms with E-state index in [0.717, 1.165) is 12.2 Å². The summed E-state index contributed by atoms with van der Waals surface area (Å²) in [7, 11) is 0. The number of fused-ring (bicyclic) bond motifs is 1. The van der Waals surface area contributed by atoms with Crippen molar-refractivity contribution in [3.05, 3.63) is 59.2 Å². The van der Waals surface area contributed by atoms with Gasteiger partial charge in [0.25, 0.3) is 5.91 Å². The summed E-state index contributed by atoms with van der Waals surface area (Å²) >= 11 is 1.47. The molecule has 3 atom stereocenters. The molecule has 30 heavy (non-hydrogen) atoms. The zero-order chi connectivity index (χ0) is 21.3. The number of nitrogens with two attached hydrogens (primary N) is 1. The highest BCUT2D eigenvalue weighted by molar-refractivity contribution is 8.13. The number of thioether (sulfide) groups is 1. The van der Waals surface area contributed by atoms with Gasteiger partial charge in [-0.25, -0.2) is 14.4 Å². The first kappa shape index (κ1) is 20.3. The third-order valence-electron chi connectivity index (χ3n) is 5.44. The molecule has 4 rings (SSSR count). The van der Waals surface area contributed by atoms with Gasteiger partial charge < -0.3 is 15.8 Å². The van der Waals surface area contributed by atoms with E-state index in [1.54, 1.807) is 6.07 Å². The summed E-state index contributed by atoms with van der Waals surface area (Å²) < 4.78 is 20.8. The summed E-state index contributed by atoms with van der Waals surface area (Å²) in [6.07, 6.45) is 2.13. The van der Waals surface area contributed by atoms with E-state index in [-0.39, 0.29) is 24.3 Å². The summed E-state index contributed by atoms with van der Waals surface area (Å²) in [5, 5.41) is 12.0. The molecule has 3 N–H and O–H groups in total. The number of anilines is 1. The van der Waals surface area contributed by atoms with Crippen LogP contribution >= 0.6 is 11.8 Å². The van der Waals surface area contributed by atoms with Crippen LogP contribution in [0.1, 0.15) is 35.0 Å². The molecule has 1 saturated heterocycles. The molecule has 2 aromatic rings. The lowest BCUT2D eigenvalue weighted by molar-refractivity contribution is -0.0476. The first-order chi connectivity index (χ1) is 14.4. The van der Waals surface area contributed by atoms with Crippen molar-refractivity contribution in [3.8, 4) is 6.07 Å². The number of carbonyl (C=O) groups excluding carboxylic acids is 1. The number of hydrogen-bond donors (Lipinski definition) is 2. The third-order valence-corrected chi connectivity index (χ3v) is 6.39. The highest BCUT2D eigenvalue weighted by atomic mass is 32.2. The predicted molar refractivity (Wildman–Crippen MR) is 113 cm³/mol. The van der Waals surface area contributed by atoms with E-state index >= 15 is 0 Å². The fourth-order valence-electron chi connectivity index (χ4n) is 3.88. The molecule has 3 heterocycles. The van der Waals surface area contributed by atoms with E-state index in [4.69, 9.17) is 15.7 Å². The molecule has 2 unspecified atom stereocenters. The number of nitrogens with zero attached hydrogens (tertiary/aromatic N) is 3. The number of pyridine rings is 1. The monoisotopic (exact) mass is 425 g/mol. The SMILES string of the molecule is C[C@H]1CC2CSC(N)=NC2(c2cc(NC(=O)c3ccc(C#N)cn3)ccc2F)CO1. The number of amides is 1. The number of carbonyl (C=O) groups is 1. The zero-order valence-corrected chi connectivity index (χ0v) is 17.1. The Morgan fingerprint density at radius 3 is 3.00 bits per heavy atom. The Hall–Kier alpha value is -2.96. The molecule has 0 saturated carbocycles. The fraction of sp³-hybridized carbons (Fsp3) is 0.333. The summed E-state index contributed by atoms with van der Waals surface area (Å²) in [6.45, 7) is 2.22. The normalized spacial score (nSPS) is 25.6. The van der Waals surface area contributed by atoms with Crippen LogP contribution in [0.4, 0.5) is 10.1 Å². The lowest BCUT2D eigenvalue weighted by atomic mass is 9.75.